The third-order valence-electron chi connectivity index (χ3n) is 2.23. The molecule has 0 saturated heterocycles. The van der Waals surface area contributed by atoms with Gasteiger partial charge < -0.3 is 10.1 Å². The van der Waals surface area contributed by atoms with Gasteiger partial charge in [-0.1, -0.05) is 11.6 Å². The van der Waals surface area contributed by atoms with Crippen molar-refractivity contribution in [1.29, 1.82) is 0 Å². The van der Waals surface area contributed by atoms with Gasteiger partial charge in [-0.3, -0.25) is 4.79 Å². The van der Waals surface area contributed by atoms with Crippen LogP contribution < -0.4 is 10.1 Å². The molecular weight excluding hydrogens is 338 g/mol. The number of nitrogens with one attached hydrogen (secondary N) is 1. The molecule has 0 bridgehead atoms. The van der Waals surface area contributed by atoms with E-state index in [0.717, 1.165) is 4.47 Å². The van der Waals surface area contributed by atoms with Gasteiger partial charge in [0.1, 0.15) is 10.6 Å². The Balaban J connectivity index is 2.17. The summed E-state index contributed by atoms with van der Waals surface area (Å²) in [7, 11) is 1.54. The molecule has 0 fully saturated rings. The van der Waals surface area contributed by atoms with Gasteiger partial charge in [0, 0.05) is 10.2 Å². The van der Waals surface area contributed by atoms with Crippen molar-refractivity contribution >= 4 is 50.5 Å². The van der Waals surface area contributed by atoms with Crippen LogP contribution in [0.2, 0.25) is 5.02 Å². The zero-order valence-corrected chi connectivity index (χ0v) is 12.5. The molecule has 94 valence electrons. The number of halogens is 2. The fourth-order valence-corrected chi connectivity index (χ4v) is 3.09. The molecule has 0 spiro atoms. The van der Waals surface area contributed by atoms with Gasteiger partial charge in [0.15, 0.2) is 0 Å². The third kappa shape index (κ3) is 2.85. The number of carbonyl (C=O) groups excluding carboxylic acids is 1. The number of methoxy groups -OCH3 is 1. The second kappa shape index (κ2) is 5.73. The molecule has 1 amide bonds. The molecular formula is C12H9BrClNO2S. The second-order valence-corrected chi connectivity index (χ2v) is 5.58. The first-order chi connectivity index (χ1) is 8.61. The minimum atomic E-state index is -0.168. The highest BCUT2D eigenvalue weighted by molar-refractivity contribution is 9.10. The molecule has 0 radical (unpaired) electrons. The van der Waals surface area contributed by atoms with E-state index in [4.69, 9.17) is 16.3 Å². The van der Waals surface area contributed by atoms with Gasteiger partial charge in [0.2, 0.25) is 0 Å². The molecule has 1 N–H and O–H groups in total. The third-order valence-corrected chi connectivity index (χ3v) is 4.36. The largest absolute Gasteiger partial charge is 0.495 e. The summed E-state index contributed by atoms with van der Waals surface area (Å²) in [6, 6.07) is 6.94. The van der Waals surface area contributed by atoms with Crippen molar-refractivity contribution in [3.63, 3.8) is 0 Å². The first-order valence-corrected chi connectivity index (χ1v) is 7.04. The van der Waals surface area contributed by atoms with Crippen LogP contribution >= 0.6 is 38.9 Å². The molecule has 0 aliphatic heterocycles. The Hall–Kier alpha value is -1.04. The number of hydrogen-bond donors (Lipinski definition) is 1. The SMILES string of the molecule is COc1ccc(NC(=O)c2sccc2Br)cc1Cl. The molecule has 6 heteroatoms. The molecule has 0 atom stereocenters. The monoisotopic (exact) mass is 345 g/mol. The Labute approximate surface area is 122 Å². The second-order valence-electron chi connectivity index (χ2n) is 3.40. The van der Waals surface area contributed by atoms with Crippen LogP contribution in [0.15, 0.2) is 34.1 Å². The Morgan fingerprint density at radius 3 is 2.78 bits per heavy atom. The maximum absolute atomic E-state index is 12.0. The van der Waals surface area contributed by atoms with Crippen molar-refractivity contribution in [3.05, 3.63) is 44.0 Å². The predicted molar refractivity (Wildman–Crippen MR) is 78.0 cm³/mol. The average molecular weight is 347 g/mol. The van der Waals surface area contributed by atoms with Crippen LogP contribution in [0.3, 0.4) is 0 Å². The van der Waals surface area contributed by atoms with E-state index in [9.17, 15) is 4.79 Å². The lowest BCUT2D eigenvalue weighted by Crippen LogP contribution is -2.10. The molecule has 0 saturated carbocycles. The number of anilines is 1. The topological polar surface area (TPSA) is 38.3 Å². The number of rotatable bonds is 3. The van der Waals surface area contributed by atoms with Crippen LogP contribution in [0, 0.1) is 0 Å². The van der Waals surface area contributed by atoms with Gasteiger partial charge in [0.25, 0.3) is 5.91 Å². The molecule has 1 aromatic carbocycles. The van der Waals surface area contributed by atoms with E-state index in [1.165, 1.54) is 11.3 Å². The number of hydrogen-bond acceptors (Lipinski definition) is 3. The molecule has 2 aromatic rings. The van der Waals surface area contributed by atoms with E-state index < -0.39 is 0 Å². The Morgan fingerprint density at radius 1 is 1.44 bits per heavy atom. The van der Waals surface area contributed by atoms with Crippen molar-refractivity contribution in [2.45, 2.75) is 0 Å². The quantitative estimate of drug-likeness (QED) is 0.893. The van der Waals surface area contributed by atoms with Crippen molar-refractivity contribution < 1.29 is 9.53 Å². The van der Waals surface area contributed by atoms with Crippen LogP contribution in [0.5, 0.6) is 5.75 Å². The van der Waals surface area contributed by atoms with Crippen molar-refractivity contribution in [2.24, 2.45) is 0 Å². The fraction of sp³-hybridized carbons (Fsp3) is 0.0833. The van der Waals surface area contributed by atoms with Gasteiger partial charge >= 0.3 is 0 Å². The van der Waals surface area contributed by atoms with Gasteiger partial charge in [-0.05, 0) is 45.6 Å². The van der Waals surface area contributed by atoms with Crippen molar-refractivity contribution in [2.75, 3.05) is 12.4 Å². The summed E-state index contributed by atoms with van der Waals surface area (Å²) < 4.78 is 5.83. The highest BCUT2D eigenvalue weighted by Gasteiger charge is 2.12. The van der Waals surface area contributed by atoms with Gasteiger partial charge in [0.05, 0.1) is 12.1 Å². The number of benzene rings is 1. The van der Waals surface area contributed by atoms with Crippen molar-refractivity contribution in [1.82, 2.24) is 0 Å². The first-order valence-electron chi connectivity index (χ1n) is 4.99. The average Bonchev–Trinajstić information content (AvgIpc) is 2.76. The highest BCUT2D eigenvalue weighted by Crippen LogP contribution is 2.28. The Morgan fingerprint density at radius 2 is 2.22 bits per heavy atom. The molecule has 0 aliphatic rings. The Bertz CT molecular complexity index is 585. The standard InChI is InChI=1S/C12H9BrClNO2S/c1-17-10-3-2-7(6-9(10)14)15-12(16)11-8(13)4-5-18-11/h2-6H,1H3,(H,15,16). The van der Waals surface area contributed by atoms with E-state index in [0.29, 0.717) is 21.3 Å². The lowest BCUT2D eigenvalue weighted by molar-refractivity contribution is 0.103. The summed E-state index contributed by atoms with van der Waals surface area (Å²) in [4.78, 5) is 12.6. The van der Waals surface area contributed by atoms with Crippen LogP contribution in [0.25, 0.3) is 0 Å². The summed E-state index contributed by atoms with van der Waals surface area (Å²) in [5.74, 6) is 0.407. The minimum absolute atomic E-state index is 0.168. The van der Waals surface area contributed by atoms with Gasteiger partial charge in [-0.2, -0.15) is 0 Å². The maximum atomic E-state index is 12.0. The van der Waals surface area contributed by atoms with Crippen LogP contribution in [-0.2, 0) is 0 Å². The molecule has 3 nitrogen and oxygen atoms in total. The molecule has 0 aliphatic carbocycles. The van der Waals surface area contributed by atoms with E-state index in [1.54, 1.807) is 25.3 Å². The van der Waals surface area contributed by atoms with E-state index in [2.05, 4.69) is 21.2 Å². The smallest absolute Gasteiger partial charge is 0.266 e. The zero-order valence-electron chi connectivity index (χ0n) is 9.37. The van der Waals surface area contributed by atoms with E-state index in [1.807, 2.05) is 11.4 Å². The van der Waals surface area contributed by atoms with Gasteiger partial charge in [-0.25, -0.2) is 0 Å². The summed E-state index contributed by atoms with van der Waals surface area (Å²) in [5, 5.41) is 5.08. The van der Waals surface area contributed by atoms with Crippen LogP contribution in [0.4, 0.5) is 5.69 Å². The maximum Gasteiger partial charge on any atom is 0.266 e. The summed E-state index contributed by atoms with van der Waals surface area (Å²) in [5.41, 5.74) is 0.631. The summed E-state index contributed by atoms with van der Waals surface area (Å²) >= 11 is 10.7. The molecule has 1 heterocycles. The van der Waals surface area contributed by atoms with Crippen molar-refractivity contribution in [3.8, 4) is 5.75 Å². The Kier molecular flexibility index (Phi) is 4.27. The van der Waals surface area contributed by atoms with Crippen LogP contribution in [-0.4, -0.2) is 13.0 Å². The molecule has 0 unspecified atom stereocenters. The zero-order chi connectivity index (χ0) is 13.1. The molecule has 2 rings (SSSR count). The minimum Gasteiger partial charge on any atom is -0.495 e. The summed E-state index contributed by atoms with van der Waals surface area (Å²) in [6.45, 7) is 0. The molecule has 1 aromatic heterocycles. The molecule has 18 heavy (non-hydrogen) atoms. The lowest BCUT2D eigenvalue weighted by Gasteiger charge is -2.07. The van der Waals surface area contributed by atoms with E-state index >= 15 is 0 Å². The first kappa shape index (κ1) is 13.4. The van der Waals surface area contributed by atoms with E-state index in [-0.39, 0.29) is 5.91 Å². The van der Waals surface area contributed by atoms with Crippen LogP contribution in [0.1, 0.15) is 9.67 Å². The number of ether oxygens (including phenoxy) is 1. The fourth-order valence-electron chi connectivity index (χ4n) is 1.39. The normalized spacial score (nSPS) is 10.2. The lowest BCUT2D eigenvalue weighted by atomic mass is 10.3. The number of thiophene rings is 1. The number of carbonyl (C=O) groups is 1. The predicted octanol–water partition coefficient (Wildman–Crippen LogP) is 4.42. The summed E-state index contributed by atoms with van der Waals surface area (Å²) in [6.07, 6.45) is 0. The highest BCUT2D eigenvalue weighted by atomic mass is 79.9. The van der Waals surface area contributed by atoms with Gasteiger partial charge in [-0.15, -0.1) is 11.3 Å². The number of amides is 1.